The summed E-state index contributed by atoms with van der Waals surface area (Å²) in [5, 5.41) is 0. The van der Waals surface area contributed by atoms with Gasteiger partial charge in [-0.3, -0.25) is 0 Å². The molecule has 0 N–H and O–H groups in total. The van der Waals surface area contributed by atoms with Crippen LogP contribution in [0.3, 0.4) is 0 Å². The molecule has 5 rings (SSSR count). The minimum Gasteiger partial charge on any atom is -0.486 e. The molecule has 2 saturated carbocycles. The minimum absolute atomic E-state index is 0.182. The second-order valence-corrected chi connectivity index (χ2v) is 11.7. The highest BCUT2D eigenvalue weighted by Crippen LogP contribution is 2.48. The van der Waals surface area contributed by atoms with Crippen molar-refractivity contribution in [3.05, 3.63) is 89.5 Å². The Bertz CT molecular complexity index is 1170. The van der Waals surface area contributed by atoms with Crippen molar-refractivity contribution in [1.29, 1.82) is 0 Å². The zero-order valence-electron chi connectivity index (χ0n) is 22.8. The standard InChI is InChI=1S/C35H42F2O/c1-2-3-4-6-9-25-12-13-28-21-29(15-14-27(28)20-25)30-16-18-32(33(36)22-30)31-17-19-35(34(37)23-31)38-24-26-10-7-5-8-11-26/h5,7-8,10-11,16-19,22-23,25,27-29H,2-4,6,9,12-15,20-21,24H2,1H3/t25?,27-,28-,29-/m1/s1. The van der Waals surface area contributed by atoms with Crippen molar-refractivity contribution >= 4 is 0 Å². The molecule has 0 heterocycles. The van der Waals surface area contributed by atoms with Gasteiger partial charge in [-0.25, -0.2) is 8.78 Å². The van der Waals surface area contributed by atoms with Crippen LogP contribution in [-0.2, 0) is 6.61 Å². The highest BCUT2D eigenvalue weighted by molar-refractivity contribution is 5.65. The van der Waals surface area contributed by atoms with Crippen LogP contribution in [0.5, 0.6) is 5.75 Å². The van der Waals surface area contributed by atoms with E-state index < -0.39 is 5.82 Å². The molecule has 2 fully saturated rings. The van der Waals surface area contributed by atoms with Gasteiger partial charge in [-0.05, 0) is 90.7 Å². The molecule has 0 amide bonds. The van der Waals surface area contributed by atoms with Gasteiger partial charge >= 0.3 is 0 Å². The van der Waals surface area contributed by atoms with Gasteiger partial charge in [0, 0.05) is 5.56 Å². The van der Waals surface area contributed by atoms with Crippen molar-refractivity contribution < 1.29 is 13.5 Å². The summed E-state index contributed by atoms with van der Waals surface area (Å²) in [7, 11) is 0. The van der Waals surface area contributed by atoms with Gasteiger partial charge < -0.3 is 4.74 Å². The Morgan fingerprint density at radius 2 is 1.58 bits per heavy atom. The van der Waals surface area contributed by atoms with Gasteiger partial charge in [0.15, 0.2) is 11.6 Å². The van der Waals surface area contributed by atoms with Gasteiger partial charge in [0.25, 0.3) is 0 Å². The fraction of sp³-hybridized carbons (Fsp3) is 0.486. The lowest BCUT2D eigenvalue weighted by atomic mass is 9.63. The lowest BCUT2D eigenvalue weighted by molar-refractivity contribution is 0.113. The van der Waals surface area contributed by atoms with Crippen molar-refractivity contribution in [2.75, 3.05) is 0 Å². The summed E-state index contributed by atoms with van der Waals surface area (Å²) < 4.78 is 35.7. The van der Waals surface area contributed by atoms with Gasteiger partial charge in [0.1, 0.15) is 12.4 Å². The van der Waals surface area contributed by atoms with E-state index in [4.69, 9.17) is 4.74 Å². The normalized spacial score (nSPS) is 23.1. The molecule has 202 valence electrons. The van der Waals surface area contributed by atoms with Crippen molar-refractivity contribution in [3.63, 3.8) is 0 Å². The van der Waals surface area contributed by atoms with Gasteiger partial charge in [-0.15, -0.1) is 0 Å². The van der Waals surface area contributed by atoms with E-state index in [1.807, 2.05) is 36.4 Å². The van der Waals surface area contributed by atoms with E-state index in [1.165, 1.54) is 70.3 Å². The number of fused-ring (bicyclic) bond motifs is 1. The topological polar surface area (TPSA) is 9.23 Å². The van der Waals surface area contributed by atoms with E-state index in [2.05, 4.69) is 13.0 Å². The van der Waals surface area contributed by atoms with Crippen LogP contribution in [0.1, 0.15) is 94.6 Å². The first kappa shape index (κ1) is 26.9. The van der Waals surface area contributed by atoms with E-state index in [9.17, 15) is 4.39 Å². The quantitative estimate of drug-likeness (QED) is 0.244. The van der Waals surface area contributed by atoms with Crippen LogP contribution in [0.15, 0.2) is 66.7 Å². The maximum Gasteiger partial charge on any atom is 0.165 e. The second-order valence-electron chi connectivity index (χ2n) is 11.7. The SMILES string of the molecule is CCCCCCC1CC[C@@H]2C[C@H](c3ccc(-c4ccc(OCc5ccccc5)c(F)c4)c(F)c3)CC[C@@H]2C1. The summed E-state index contributed by atoms with van der Waals surface area (Å²) in [6, 6.07) is 20.0. The molecule has 38 heavy (non-hydrogen) atoms. The van der Waals surface area contributed by atoms with Crippen LogP contribution >= 0.6 is 0 Å². The monoisotopic (exact) mass is 516 g/mol. The molecular formula is C35H42F2O. The molecule has 0 bridgehead atoms. The number of unbranched alkanes of at least 4 members (excludes halogenated alkanes) is 3. The molecule has 0 aromatic heterocycles. The van der Waals surface area contributed by atoms with E-state index in [0.29, 0.717) is 23.7 Å². The second kappa shape index (κ2) is 12.9. The van der Waals surface area contributed by atoms with E-state index >= 15 is 4.39 Å². The smallest absolute Gasteiger partial charge is 0.165 e. The molecule has 0 saturated heterocycles. The lowest BCUT2D eigenvalue weighted by Crippen LogP contribution is -2.30. The number of benzene rings is 3. The van der Waals surface area contributed by atoms with Crippen LogP contribution in [0, 0.1) is 29.4 Å². The van der Waals surface area contributed by atoms with Crippen LogP contribution in [0.25, 0.3) is 11.1 Å². The third-order valence-electron chi connectivity index (χ3n) is 9.13. The molecule has 4 atom stereocenters. The fourth-order valence-electron chi connectivity index (χ4n) is 6.95. The van der Waals surface area contributed by atoms with E-state index in [0.717, 1.165) is 35.3 Å². The number of ether oxygens (including phenoxy) is 1. The van der Waals surface area contributed by atoms with Crippen LogP contribution in [-0.4, -0.2) is 0 Å². The Morgan fingerprint density at radius 1 is 0.763 bits per heavy atom. The molecular weight excluding hydrogens is 474 g/mol. The number of rotatable bonds is 10. The predicted octanol–water partition coefficient (Wildman–Crippen LogP) is 10.5. The van der Waals surface area contributed by atoms with Gasteiger partial charge in [-0.1, -0.05) is 94.0 Å². The number of halogens is 2. The first-order valence-electron chi connectivity index (χ1n) is 14.9. The Kier molecular flexibility index (Phi) is 9.14. The third kappa shape index (κ3) is 6.65. The number of hydrogen-bond donors (Lipinski definition) is 0. The first-order chi connectivity index (χ1) is 18.6. The van der Waals surface area contributed by atoms with Gasteiger partial charge in [-0.2, -0.15) is 0 Å². The van der Waals surface area contributed by atoms with Crippen LogP contribution in [0.4, 0.5) is 8.78 Å². The summed E-state index contributed by atoms with van der Waals surface area (Å²) in [5.41, 5.74) is 3.07. The van der Waals surface area contributed by atoms with Crippen LogP contribution in [0.2, 0.25) is 0 Å². The molecule has 0 spiro atoms. The molecule has 1 nitrogen and oxygen atoms in total. The summed E-state index contributed by atoms with van der Waals surface area (Å²) in [4.78, 5) is 0. The maximum absolute atomic E-state index is 15.3. The average Bonchev–Trinajstić information content (AvgIpc) is 2.95. The molecule has 3 aromatic carbocycles. The maximum atomic E-state index is 15.3. The summed E-state index contributed by atoms with van der Waals surface area (Å²) in [6.45, 7) is 2.58. The Hall–Kier alpha value is -2.68. The highest BCUT2D eigenvalue weighted by Gasteiger charge is 2.36. The van der Waals surface area contributed by atoms with Crippen molar-refractivity contribution in [1.82, 2.24) is 0 Å². The largest absolute Gasteiger partial charge is 0.486 e. The molecule has 2 aliphatic rings. The third-order valence-corrected chi connectivity index (χ3v) is 9.13. The van der Waals surface area contributed by atoms with Gasteiger partial charge in [0.2, 0.25) is 0 Å². The predicted molar refractivity (Wildman–Crippen MR) is 152 cm³/mol. The fourth-order valence-corrected chi connectivity index (χ4v) is 6.95. The van der Waals surface area contributed by atoms with E-state index in [-0.39, 0.29) is 11.6 Å². The molecule has 3 aromatic rings. The molecule has 3 heteroatoms. The number of hydrogen-bond acceptors (Lipinski definition) is 1. The Labute approximate surface area is 227 Å². The first-order valence-corrected chi connectivity index (χ1v) is 14.9. The molecule has 1 unspecified atom stereocenters. The van der Waals surface area contributed by atoms with Crippen molar-refractivity contribution in [2.45, 2.75) is 90.1 Å². The van der Waals surface area contributed by atoms with Crippen LogP contribution < -0.4 is 4.74 Å². The van der Waals surface area contributed by atoms with Gasteiger partial charge in [0.05, 0.1) is 0 Å². The average molecular weight is 517 g/mol. The zero-order chi connectivity index (χ0) is 26.3. The summed E-state index contributed by atoms with van der Waals surface area (Å²) in [6.07, 6.45) is 14.7. The molecule has 2 aliphatic carbocycles. The van der Waals surface area contributed by atoms with E-state index in [1.54, 1.807) is 18.2 Å². The summed E-state index contributed by atoms with van der Waals surface area (Å²) in [5.74, 6) is 2.47. The highest BCUT2D eigenvalue weighted by atomic mass is 19.1. The Morgan fingerprint density at radius 3 is 2.37 bits per heavy atom. The van der Waals surface area contributed by atoms with Crippen molar-refractivity contribution in [3.8, 4) is 16.9 Å². The van der Waals surface area contributed by atoms with Crippen molar-refractivity contribution in [2.24, 2.45) is 17.8 Å². The lowest BCUT2D eigenvalue weighted by Gasteiger charge is -2.42. The zero-order valence-corrected chi connectivity index (χ0v) is 22.8. The Balaban J connectivity index is 1.18. The molecule has 0 radical (unpaired) electrons. The minimum atomic E-state index is -0.471. The summed E-state index contributed by atoms with van der Waals surface area (Å²) >= 11 is 0. The molecule has 0 aliphatic heterocycles.